The molecule has 1 aliphatic rings. The molecule has 0 fully saturated rings. The van der Waals surface area contributed by atoms with Gasteiger partial charge in [-0.1, -0.05) is 32.1 Å². The highest BCUT2D eigenvalue weighted by atomic mass is 19.1. The Hall–Kier alpha value is -2.29. The van der Waals surface area contributed by atoms with Crippen LogP contribution in [0.4, 0.5) is 10.1 Å². The molecule has 1 aliphatic heterocycles. The van der Waals surface area contributed by atoms with Gasteiger partial charge in [-0.3, -0.25) is 0 Å². The third-order valence-electron chi connectivity index (χ3n) is 4.35. The lowest BCUT2D eigenvalue weighted by molar-refractivity contribution is 0.475. The van der Waals surface area contributed by atoms with Gasteiger partial charge in [0.15, 0.2) is 0 Å². The summed E-state index contributed by atoms with van der Waals surface area (Å²) in [6.45, 7) is 6.40. The average Bonchev–Trinajstić information content (AvgIpc) is 2.46. The fourth-order valence-corrected chi connectivity index (χ4v) is 3.20. The molecule has 114 valence electrons. The van der Waals surface area contributed by atoms with Crippen molar-refractivity contribution in [1.82, 2.24) is 0 Å². The Balaban J connectivity index is 2.16. The van der Waals surface area contributed by atoms with Crippen LogP contribution in [-0.2, 0) is 5.54 Å². The number of hydrogen-bond donors (Lipinski definition) is 2. The number of phenols is 1. The lowest BCUT2D eigenvalue weighted by Gasteiger charge is -2.40. The van der Waals surface area contributed by atoms with E-state index in [4.69, 9.17) is 0 Å². The Morgan fingerprint density at radius 3 is 2.41 bits per heavy atom. The minimum Gasteiger partial charge on any atom is -0.508 e. The smallest absolute Gasteiger partial charge is 0.123 e. The molecule has 2 nitrogen and oxygen atoms in total. The van der Waals surface area contributed by atoms with Crippen LogP contribution in [0.25, 0.3) is 6.08 Å². The first-order valence-corrected chi connectivity index (χ1v) is 7.49. The largest absolute Gasteiger partial charge is 0.508 e. The molecule has 0 saturated heterocycles. The van der Waals surface area contributed by atoms with Gasteiger partial charge in [0, 0.05) is 11.8 Å². The molecule has 1 heterocycles. The molecule has 0 aromatic heterocycles. The number of nitrogens with one attached hydrogen (secondary N) is 1. The predicted molar refractivity (Wildman–Crippen MR) is 88.3 cm³/mol. The van der Waals surface area contributed by atoms with Crippen LogP contribution in [0.1, 0.15) is 31.9 Å². The number of anilines is 1. The number of halogens is 1. The Bertz CT molecular complexity index is 734. The highest BCUT2D eigenvalue weighted by Crippen LogP contribution is 2.43. The molecule has 2 aromatic carbocycles. The van der Waals surface area contributed by atoms with Gasteiger partial charge in [-0.15, -0.1) is 0 Å². The maximum absolute atomic E-state index is 13.3. The van der Waals surface area contributed by atoms with E-state index in [1.807, 2.05) is 18.2 Å². The molecule has 3 rings (SSSR count). The minimum absolute atomic E-state index is 0.231. The molecular weight excluding hydrogens is 277 g/mol. The van der Waals surface area contributed by atoms with E-state index < -0.39 is 5.54 Å². The van der Waals surface area contributed by atoms with Crippen LogP contribution in [0.3, 0.4) is 0 Å². The van der Waals surface area contributed by atoms with E-state index in [0.717, 1.165) is 16.8 Å². The van der Waals surface area contributed by atoms with Gasteiger partial charge in [0.2, 0.25) is 0 Å². The van der Waals surface area contributed by atoms with Gasteiger partial charge in [0.1, 0.15) is 11.6 Å². The van der Waals surface area contributed by atoms with E-state index in [1.165, 1.54) is 17.7 Å². The predicted octanol–water partition coefficient (Wildman–Crippen LogP) is 4.91. The number of hydrogen-bond acceptors (Lipinski definition) is 2. The summed E-state index contributed by atoms with van der Waals surface area (Å²) in [5.41, 5.74) is 3.75. The molecule has 0 radical (unpaired) electrons. The molecule has 1 unspecified atom stereocenters. The van der Waals surface area contributed by atoms with E-state index in [-0.39, 0.29) is 11.6 Å². The first-order valence-electron chi connectivity index (χ1n) is 7.49. The van der Waals surface area contributed by atoms with Gasteiger partial charge in [0.25, 0.3) is 0 Å². The quantitative estimate of drug-likeness (QED) is 0.825. The maximum atomic E-state index is 13.3. The van der Waals surface area contributed by atoms with Crippen LogP contribution in [0, 0.1) is 11.7 Å². The topological polar surface area (TPSA) is 32.3 Å². The molecule has 0 amide bonds. The van der Waals surface area contributed by atoms with Crippen LogP contribution in [0.2, 0.25) is 0 Å². The van der Waals surface area contributed by atoms with Gasteiger partial charge >= 0.3 is 0 Å². The number of fused-ring (bicyclic) bond motifs is 1. The molecule has 22 heavy (non-hydrogen) atoms. The molecule has 3 heteroatoms. The van der Waals surface area contributed by atoms with Crippen LogP contribution in [0.5, 0.6) is 5.75 Å². The molecule has 1 atom stereocenters. The first kappa shape index (κ1) is 14.6. The van der Waals surface area contributed by atoms with Crippen molar-refractivity contribution in [1.29, 1.82) is 0 Å². The van der Waals surface area contributed by atoms with Gasteiger partial charge < -0.3 is 10.4 Å². The highest BCUT2D eigenvalue weighted by molar-refractivity contribution is 5.77. The summed E-state index contributed by atoms with van der Waals surface area (Å²) in [6, 6.07) is 11.9. The summed E-state index contributed by atoms with van der Waals surface area (Å²) in [7, 11) is 0. The number of aromatic hydroxyl groups is 1. The monoisotopic (exact) mass is 297 g/mol. The summed E-state index contributed by atoms with van der Waals surface area (Å²) >= 11 is 0. The number of rotatable bonds is 2. The fraction of sp³-hybridized carbons (Fsp3) is 0.263. The summed E-state index contributed by atoms with van der Waals surface area (Å²) in [5, 5.41) is 13.3. The second-order valence-corrected chi connectivity index (χ2v) is 6.28. The van der Waals surface area contributed by atoms with Crippen LogP contribution < -0.4 is 5.32 Å². The normalized spacial score (nSPS) is 20.3. The average molecular weight is 297 g/mol. The minimum atomic E-state index is -0.428. The fourth-order valence-electron chi connectivity index (χ4n) is 3.20. The number of benzene rings is 2. The van der Waals surface area contributed by atoms with E-state index in [1.54, 1.807) is 12.1 Å². The SMILES string of the molecule is CC(C)C1=Cc2ccc(O)cc2NC1(C)c1ccc(F)cc1. The molecule has 0 bridgehead atoms. The highest BCUT2D eigenvalue weighted by Gasteiger charge is 2.35. The third kappa shape index (κ3) is 2.37. The molecule has 0 saturated carbocycles. The molecule has 2 aromatic rings. The number of phenolic OH excluding ortho intramolecular Hbond substituents is 1. The Morgan fingerprint density at radius 2 is 1.77 bits per heavy atom. The summed E-state index contributed by atoms with van der Waals surface area (Å²) in [6.07, 6.45) is 2.17. The summed E-state index contributed by atoms with van der Waals surface area (Å²) in [5.74, 6) is 0.329. The summed E-state index contributed by atoms with van der Waals surface area (Å²) in [4.78, 5) is 0. The van der Waals surface area contributed by atoms with E-state index >= 15 is 0 Å². The molecule has 2 N–H and O–H groups in total. The van der Waals surface area contributed by atoms with Crippen molar-refractivity contribution in [2.45, 2.75) is 26.3 Å². The van der Waals surface area contributed by atoms with E-state index in [0.29, 0.717) is 5.92 Å². The zero-order valence-electron chi connectivity index (χ0n) is 13.0. The summed E-state index contributed by atoms with van der Waals surface area (Å²) < 4.78 is 13.3. The lowest BCUT2D eigenvalue weighted by Crippen LogP contribution is -2.38. The van der Waals surface area contributed by atoms with Crippen LogP contribution >= 0.6 is 0 Å². The lowest BCUT2D eigenvalue weighted by atomic mass is 9.75. The third-order valence-corrected chi connectivity index (χ3v) is 4.35. The van der Waals surface area contributed by atoms with Crippen molar-refractivity contribution in [3.8, 4) is 5.75 Å². The molecular formula is C19H20FNO. The van der Waals surface area contributed by atoms with Crippen molar-refractivity contribution >= 4 is 11.8 Å². The van der Waals surface area contributed by atoms with Crippen molar-refractivity contribution in [3.05, 3.63) is 65.0 Å². The van der Waals surface area contributed by atoms with Gasteiger partial charge in [0.05, 0.1) is 5.54 Å². The molecule has 0 aliphatic carbocycles. The van der Waals surface area contributed by atoms with Crippen molar-refractivity contribution in [2.75, 3.05) is 5.32 Å². The van der Waals surface area contributed by atoms with E-state index in [2.05, 4.69) is 32.2 Å². The second-order valence-electron chi connectivity index (χ2n) is 6.28. The second kappa shape index (κ2) is 5.16. The zero-order valence-corrected chi connectivity index (χ0v) is 13.0. The molecule has 0 spiro atoms. The Kier molecular flexibility index (Phi) is 3.44. The van der Waals surface area contributed by atoms with Gasteiger partial charge in [-0.25, -0.2) is 4.39 Å². The standard InChI is InChI=1S/C19H20FNO/c1-12(2)17-10-13-4-9-16(22)11-18(13)21-19(17,3)14-5-7-15(20)8-6-14/h4-12,21-22H,1-3H3. The van der Waals surface area contributed by atoms with Crippen LogP contribution in [-0.4, -0.2) is 5.11 Å². The Labute approximate surface area is 130 Å². The first-order chi connectivity index (χ1) is 10.4. The van der Waals surface area contributed by atoms with Gasteiger partial charge in [-0.05, 0) is 53.8 Å². The van der Waals surface area contributed by atoms with Crippen LogP contribution in [0.15, 0.2) is 48.0 Å². The van der Waals surface area contributed by atoms with Crippen molar-refractivity contribution in [2.24, 2.45) is 5.92 Å². The van der Waals surface area contributed by atoms with E-state index in [9.17, 15) is 9.50 Å². The Morgan fingerprint density at radius 1 is 1.09 bits per heavy atom. The van der Waals surface area contributed by atoms with Crippen molar-refractivity contribution in [3.63, 3.8) is 0 Å². The zero-order chi connectivity index (χ0) is 15.9. The maximum Gasteiger partial charge on any atom is 0.123 e. The van der Waals surface area contributed by atoms with Gasteiger partial charge in [-0.2, -0.15) is 0 Å². The van der Waals surface area contributed by atoms with Crippen molar-refractivity contribution < 1.29 is 9.50 Å².